The average Bonchev–Trinajstić information content (AvgIpc) is 2.64. The molecule has 0 nitrogen and oxygen atoms in total. The summed E-state index contributed by atoms with van der Waals surface area (Å²) in [7, 11) is 0. The maximum Gasteiger partial charge on any atom is 0.306 e. The zero-order valence-electron chi connectivity index (χ0n) is 17.5. The monoisotopic (exact) mass is 358 g/mol. The van der Waals surface area contributed by atoms with E-state index in [1.165, 1.54) is 94.0 Å². The largest absolute Gasteiger partial charge is 0.306 e. The Kier molecular flexibility index (Phi) is 14.6. The molecule has 0 aliphatic carbocycles. The van der Waals surface area contributed by atoms with E-state index in [1.54, 1.807) is 5.56 Å². The van der Waals surface area contributed by atoms with Crippen molar-refractivity contribution < 1.29 is 0 Å². The van der Waals surface area contributed by atoms with Crippen molar-refractivity contribution in [3.63, 3.8) is 0 Å². The van der Waals surface area contributed by atoms with E-state index in [-0.39, 0.29) is 0 Å². The van der Waals surface area contributed by atoms with Gasteiger partial charge in [-0.25, -0.2) is 0 Å². The lowest BCUT2D eigenvalue weighted by molar-refractivity contribution is 0.667. The van der Waals surface area contributed by atoms with Gasteiger partial charge in [0.2, 0.25) is 0 Å². The number of benzene rings is 1. The summed E-state index contributed by atoms with van der Waals surface area (Å²) in [6.45, 7) is 6.96. The molecule has 0 bridgehead atoms. The minimum absolute atomic E-state index is 0.776. The highest BCUT2D eigenvalue weighted by Crippen LogP contribution is 2.16. The smallest absolute Gasteiger partial charge is 0.107 e. The predicted octanol–water partition coefficient (Wildman–Crippen LogP) is 7.67. The Bertz CT molecular complexity index is 400. The summed E-state index contributed by atoms with van der Waals surface area (Å²) in [6, 6.07) is 9.53. The zero-order chi connectivity index (χ0) is 18.2. The van der Waals surface area contributed by atoms with E-state index in [1.807, 2.05) is 4.43 Å². The molecule has 0 spiro atoms. The molecule has 0 saturated heterocycles. The fourth-order valence-electron chi connectivity index (χ4n) is 3.99. The molecule has 0 radical (unpaired) electrons. The molecule has 1 aromatic rings. The van der Waals surface area contributed by atoms with Crippen molar-refractivity contribution in [1.29, 1.82) is 0 Å². The van der Waals surface area contributed by atoms with Gasteiger partial charge in [-0.3, -0.25) is 0 Å². The lowest BCUT2D eigenvalue weighted by atomic mass is 10.1. The summed E-state index contributed by atoms with van der Waals surface area (Å²) < 4.78 is 1.83. The molecule has 25 heavy (non-hydrogen) atoms. The maximum atomic E-state index is 2.51. The van der Waals surface area contributed by atoms with Crippen LogP contribution in [-0.4, -0.2) is 14.1 Å². The van der Waals surface area contributed by atoms with Gasteiger partial charge < -0.3 is 0 Å². The van der Waals surface area contributed by atoms with Gasteiger partial charge in [-0.2, -0.15) is 0 Å². The highest BCUT2D eigenvalue weighted by molar-refractivity contribution is 6.73. The summed E-state index contributed by atoms with van der Waals surface area (Å²) in [5.74, 6) is 0. The first kappa shape index (κ1) is 22.8. The second-order valence-electron chi connectivity index (χ2n) is 7.91. The third kappa shape index (κ3) is 10.5. The number of hydrogen-bond acceptors (Lipinski definition) is 0. The Morgan fingerprint density at radius 3 is 1.68 bits per heavy atom. The van der Waals surface area contributed by atoms with E-state index in [2.05, 4.69) is 45.0 Å². The molecule has 0 unspecified atom stereocenters. The van der Waals surface area contributed by atoms with Crippen LogP contribution in [0.1, 0.15) is 103 Å². The van der Waals surface area contributed by atoms with Crippen LogP contribution in [-0.2, 0) is 6.42 Å². The summed E-state index contributed by atoms with van der Waals surface area (Å²) >= 11 is -0.776. The van der Waals surface area contributed by atoms with Crippen molar-refractivity contribution in [2.24, 2.45) is 0 Å². The highest BCUT2D eigenvalue weighted by atomic mass is 27.2. The molecule has 1 rings (SSSR count). The molecule has 0 fully saturated rings. The molecular formula is C24H43Al. The summed E-state index contributed by atoms with van der Waals surface area (Å²) in [5.41, 5.74) is 1.71. The van der Waals surface area contributed by atoms with Crippen LogP contribution in [0.3, 0.4) is 0 Å². The van der Waals surface area contributed by atoms with Crippen LogP contribution in [0, 0.1) is 0 Å². The first-order valence-electron chi connectivity index (χ1n) is 11.4. The van der Waals surface area contributed by atoms with E-state index in [0.717, 1.165) is 0 Å². The molecule has 0 aliphatic heterocycles. The Balaban J connectivity index is 2.66. The van der Waals surface area contributed by atoms with Gasteiger partial charge in [0, 0.05) is 0 Å². The molecule has 0 aliphatic rings. The van der Waals surface area contributed by atoms with Crippen LogP contribution < -0.4 is 4.43 Å². The Morgan fingerprint density at radius 1 is 0.600 bits per heavy atom. The van der Waals surface area contributed by atoms with Crippen molar-refractivity contribution in [2.45, 2.75) is 115 Å². The second kappa shape index (κ2) is 16.0. The molecule has 0 amide bonds. The second-order valence-corrected chi connectivity index (χ2v) is 11.1. The summed E-state index contributed by atoms with van der Waals surface area (Å²) in [4.78, 5) is 0. The van der Waals surface area contributed by atoms with Crippen LogP contribution in [0.4, 0.5) is 0 Å². The maximum absolute atomic E-state index is 2.51. The molecule has 0 saturated carbocycles. The molecule has 0 N–H and O–H groups in total. The molecular weight excluding hydrogens is 315 g/mol. The fraction of sp³-hybridized carbons (Fsp3) is 0.750. The summed E-state index contributed by atoms with van der Waals surface area (Å²) in [5, 5.41) is 3.08. The molecule has 0 atom stereocenters. The fourth-order valence-corrected chi connectivity index (χ4v) is 7.61. The lowest BCUT2D eigenvalue weighted by Gasteiger charge is -2.17. The summed E-state index contributed by atoms with van der Waals surface area (Å²) in [6.07, 6.45) is 18.3. The topological polar surface area (TPSA) is 0 Å². The van der Waals surface area contributed by atoms with Crippen LogP contribution in [0.25, 0.3) is 0 Å². The highest BCUT2D eigenvalue weighted by Gasteiger charge is 2.21. The molecule has 1 aromatic carbocycles. The SMILES string of the molecule is CCCCCCc1cccc[c]1[Al]([CH2]CCCCC)[CH2]CCCCC. The first-order valence-corrected chi connectivity index (χ1v) is 13.6. The zero-order valence-corrected chi connectivity index (χ0v) is 18.6. The van der Waals surface area contributed by atoms with Crippen LogP contribution in [0.2, 0.25) is 10.6 Å². The Morgan fingerprint density at radius 2 is 1.12 bits per heavy atom. The van der Waals surface area contributed by atoms with Crippen molar-refractivity contribution >= 4 is 18.6 Å². The van der Waals surface area contributed by atoms with Gasteiger partial charge in [-0.1, -0.05) is 132 Å². The normalized spacial score (nSPS) is 11.0. The molecule has 142 valence electrons. The number of hydrogen-bond donors (Lipinski definition) is 0. The quantitative estimate of drug-likeness (QED) is 0.210. The van der Waals surface area contributed by atoms with Crippen molar-refractivity contribution in [2.75, 3.05) is 0 Å². The number of aryl methyl sites for hydroxylation is 1. The van der Waals surface area contributed by atoms with Gasteiger partial charge in [-0.05, 0) is 12.8 Å². The standard InChI is InChI=1S/C12H17.2C6H13.Al/c1-2-3-4-6-9-12-10-7-5-8-11-12;2*1-3-5-6-4-2;/h5,7-8,10H,2-4,6,9H2,1H3;2*1,3-6H2,2H3;. The van der Waals surface area contributed by atoms with E-state index in [4.69, 9.17) is 0 Å². The molecule has 0 heterocycles. The lowest BCUT2D eigenvalue weighted by Crippen LogP contribution is -2.32. The Labute approximate surface area is 163 Å². The third-order valence-electron chi connectivity index (χ3n) is 5.61. The van der Waals surface area contributed by atoms with Gasteiger partial charge in [0.05, 0.1) is 0 Å². The van der Waals surface area contributed by atoms with Crippen molar-refractivity contribution in [3.05, 3.63) is 29.8 Å². The van der Waals surface area contributed by atoms with E-state index in [0.29, 0.717) is 0 Å². The van der Waals surface area contributed by atoms with E-state index < -0.39 is 14.1 Å². The van der Waals surface area contributed by atoms with Crippen LogP contribution in [0.5, 0.6) is 0 Å². The predicted molar refractivity (Wildman–Crippen MR) is 118 cm³/mol. The van der Waals surface area contributed by atoms with Gasteiger partial charge in [0.1, 0.15) is 0 Å². The van der Waals surface area contributed by atoms with Crippen LogP contribution >= 0.6 is 0 Å². The van der Waals surface area contributed by atoms with Gasteiger partial charge in [-0.15, -0.1) is 4.43 Å². The molecule has 1 heteroatoms. The van der Waals surface area contributed by atoms with Gasteiger partial charge in [0.25, 0.3) is 0 Å². The minimum atomic E-state index is -0.776. The number of rotatable bonds is 16. The van der Waals surface area contributed by atoms with E-state index >= 15 is 0 Å². The van der Waals surface area contributed by atoms with E-state index in [9.17, 15) is 0 Å². The molecule has 0 aromatic heterocycles. The average molecular weight is 359 g/mol. The number of unbranched alkanes of at least 4 members (excludes halogenated alkanes) is 9. The minimum Gasteiger partial charge on any atom is -0.107 e. The Hall–Kier alpha value is -0.248. The van der Waals surface area contributed by atoms with Crippen LogP contribution in [0.15, 0.2) is 24.3 Å². The van der Waals surface area contributed by atoms with Crippen molar-refractivity contribution in [3.8, 4) is 0 Å². The first-order chi connectivity index (χ1) is 12.3. The van der Waals surface area contributed by atoms with Gasteiger partial charge in [0.15, 0.2) is 0 Å². The third-order valence-corrected chi connectivity index (χ3v) is 9.26. The van der Waals surface area contributed by atoms with Gasteiger partial charge >= 0.3 is 14.1 Å². The van der Waals surface area contributed by atoms with Crippen molar-refractivity contribution in [1.82, 2.24) is 0 Å².